The third-order valence-corrected chi connectivity index (χ3v) is 5.45. The minimum Gasteiger partial charge on any atom is -0.385 e. The summed E-state index contributed by atoms with van der Waals surface area (Å²) < 4.78 is 0. The van der Waals surface area contributed by atoms with Crippen molar-refractivity contribution in [2.45, 2.75) is 31.0 Å². The van der Waals surface area contributed by atoms with Crippen molar-refractivity contribution in [1.29, 1.82) is 0 Å². The van der Waals surface area contributed by atoms with Gasteiger partial charge in [0, 0.05) is 24.3 Å². The van der Waals surface area contributed by atoms with Gasteiger partial charge >= 0.3 is 6.03 Å². The Balaban J connectivity index is 1.56. The predicted octanol–water partition coefficient (Wildman–Crippen LogP) is 1.80. The number of carbonyl (C=O) groups is 1. The first kappa shape index (κ1) is 14.0. The Hall–Kier alpha value is -1.59. The van der Waals surface area contributed by atoms with Crippen molar-refractivity contribution in [1.82, 2.24) is 10.6 Å². The molecule has 1 aliphatic heterocycles. The van der Waals surface area contributed by atoms with Gasteiger partial charge in [-0.05, 0) is 53.5 Å². The van der Waals surface area contributed by atoms with Gasteiger partial charge in [-0.15, -0.1) is 0 Å². The second-order valence-corrected chi connectivity index (χ2v) is 6.94. The molecule has 1 aromatic rings. The van der Waals surface area contributed by atoms with Crippen LogP contribution in [0.4, 0.5) is 4.79 Å². The maximum atomic E-state index is 11.4. The van der Waals surface area contributed by atoms with Gasteiger partial charge in [0.1, 0.15) is 0 Å². The van der Waals surface area contributed by atoms with Crippen LogP contribution in [0.1, 0.15) is 29.5 Å². The summed E-state index contributed by atoms with van der Waals surface area (Å²) in [4.78, 5) is 15.7. The zero-order valence-corrected chi connectivity index (χ0v) is 13.0. The van der Waals surface area contributed by atoms with Crippen LogP contribution in [0.2, 0.25) is 5.02 Å². The Morgan fingerprint density at radius 2 is 2.14 bits per heavy atom. The van der Waals surface area contributed by atoms with Crippen LogP contribution < -0.4 is 10.6 Å². The number of hydrogen-bond acceptors (Lipinski definition) is 3. The summed E-state index contributed by atoms with van der Waals surface area (Å²) in [7, 11) is 1.61. The molecule has 2 unspecified atom stereocenters. The molecule has 3 N–H and O–H groups in total. The molecular weight excluding hydrogens is 302 g/mol. The fraction of sp³-hybridized carbons (Fsp3) is 0.500. The van der Waals surface area contributed by atoms with Gasteiger partial charge in [0.15, 0.2) is 0 Å². The minimum absolute atomic E-state index is 0.153. The highest BCUT2D eigenvalue weighted by atomic mass is 35.5. The van der Waals surface area contributed by atoms with Crippen LogP contribution in [0.25, 0.3) is 0 Å². The second-order valence-electron chi connectivity index (χ2n) is 6.51. The summed E-state index contributed by atoms with van der Waals surface area (Å²) in [5.74, 6) is 0.693. The monoisotopic (exact) mass is 319 g/mol. The van der Waals surface area contributed by atoms with E-state index in [0.717, 1.165) is 16.7 Å². The maximum absolute atomic E-state index is 11.4. The quantitative estimate of drug-likeness (QED) is 0.777. The minimum atomic E-state index is -0.848. The van der Waals surface area contributed by atoms with E-state index in [-0.39, 0.29) is 12.1 Å². The molecule has 0 bridgehead atoms. The smallest absolute Gasteiger partial charge is 0.314 e. The zero-order valence-electron chi connectivity index (χ0n) is 12.3. The molecule has 1 aromatic carbocycles. The Kier molecular flexibility index (Phi) is 3.00. The van der Waals surface area contributed by atoms with Gasteiger partial charge in [-0.25, -0.2) is 4.79 Å². The summed E-state index contributed by atoms with van der Waals surface area (Å²) in [6.07, 6.45) is 3.15. The maximum Gasteiger partial charge on any atom is 0.314 e. The number of aliphatic hydroxyl groups is 1. The predicted molar refractivity (Wildman–Crippen MR) is 84.2 cm³/mol. The van der Waals surface area contributed by atoms with Crippen molar-refractivity contribution >= 4 is 23.8 Å². The number of benzene rings is 1. The van der Waals surface area contributed by atoms with Gasteiger partial charge in [0.25, 0.3) is 0 Å². The Labute approximate surface area is 133 Å². The van der Waals surface area contributed by atoms with Gasteiger partial charge in [-0.3, -0.25) is 4.99 Å². The fourth-order valence-corrected chi connectivity index (χ4v) is 4.35. The lowest BCUT2D eigenvalue weighted by molar-refractivity contribution is 0.0276. The molecule has 2 saturated carbocycles. The van der Waals surface area contributed by atoms with E-state index in [1.165, 1.54) is 0 Å². The lowest BCUT2D eigenvalue weighted by Crippen LogP contribution is -2.38. The van der Waals surface area contributed by atoms with Gasteiger partial charge in [-0.1, -0.05) is 11.6 Å². The summed E-state index contributed by atoms with van der Waals surface area (Å²) in [6, 6.07) is 3.80. The van der Waals surface area contributed by atoms with Crippen molar-refractivity contribution in [3.8, 4) is 0 Å². The summed E-state index contributed by atoms with van der Waals surface area (Å²) in [5, 5.41) is 17.3. The van der Waals surface area contributed by atoms with Crippen LogP contribution in [0, 0.1) is 11.8 Å². The van der Waals surface area contributed by atoms with Crippen LogP contribution >= 0.6 is 11.6 Å². The second kappa shape index (κ2) is 4.70. The van der Waals surface area contributed by atoms with E-state index in [1.807, 2.05) is 18.3 Å². The molecule has 0 spiro atoms. The van der Waals surface area contributed by atoms with Crippen molar-refractivity contribution in [2.75, 3.05) is 7.05 Å². The average molecular weight is 320 g/mol. The molecule has 4 rings (SSSR count). The van der Waals surface area contributed by atoms with E-state index in [4.69, 9.17) is 11.6 Å². The summed E-state index contributed by atoms with van der Waals surface area (Å²) in [6.45, 7) is 0.611. The van der Waals surface area contributed by atoms with Crippen LogP contribution in [0.15, 0.2) is 17.1 Å². The number of urea groups is 1. The largest absolute Gasteiger partial charge is 0.385 e. The Morgan fingerprint density at radius 1 is 1.41 bits per heavy atom. The van der Waals surface area contributed by atoms with Crippen LogP contribution in [-0.4, -0.2) is 30.4 Å². The molecule has 4 atom stereocenters. The molecule has 0 radical (unpaired) electrons. The number of halogens is 1. The van der Waals surface area contributed by atoms with E-state index >= 15 is 0 Å². The van der Waals surface area contributed by atoms with Crippen molar-refractivity contribution in [2.24, 2.45) is 16.8 Å². The van der Waals surface area contributed by atoms with Crippen LogP contribution in [0.5, 0.6) is 0 Å². The highest BCUT2D eigenvalue weighted by molar-refractivity contribution is 6.31. The first-order valence-electron chi connectivity index (χ1n) is 7.55. The Morgan fingerprint density at radius 3 is 2.82 bits per heavy atom. The lowest BCUT2D eigenvalue weighted by atomic mass is 9.84. The molecule has 116 valence electrons. The molecule has 1 heterocycles. The molecule has 2 amide bonds. The summed E-state index contributed by atoms with van der Waals surface area (Å²) >= 11 is 6.19. The SMILES string of the molecule is CNC(=O)NC1[C@H]2CC(O)(c3cc(Cl)cc4c3CN=C4)C[C@@H]12. The molecule has 3 aliphatic rings. The molecule has 2 fully saturated rings. The van der Waals surface area contributed by atoms with E-state index in [1.54, 1.807) is 7.05 Å². The molecule has 2 aliphatic carbocycles. The van der Waals surface area contributed by atoms with Gasteiger partial charge in [0.2, 0.25) is 0 Å². The van der Waals surface area contributed by atoms with E-state index < -0.39 is 5.60 Å². The highest BCUT2D eigenvalue weighted by Gasteiger charge is 2.62. The van der Waals surface area contributed by atoms with Gasteiger partial charge < -0.3 is 15.7 Å². The first-order valence-corrected chi connectivity index (χ1v) is 7.93. The van der Waals surface area contributed by atoms with Crippen molar-refractivity contribution < 1.29 is 9.90 Å². The highest BCUT2D eigenvalue weighted by Crippen LogP contribution is 2.60. The number of nitrogens with zero attached hydrogens (tertiary/aromatic N) is 1. The number of rotatable bonds is 2. The van der Waals surface area contributed by atoms with Crippen LogP contribution in [-0.2, 0) is 12.1 Å². The Bertz CT molecular complexity index is 676. The number of nitrogens with one attached hydrogen (secondary N) is 2. The standard InChI is InChI=1S/C16H18ClN3O2/c1-18-15(21)20-14-10-4-16(22,5-11(10)14)13-3-9(17)2-8-6-19-7-12(8)13/h2-3,6,10-11,14,22H,4-5,7H2,1H3,(H2,18,20,21)/t10-,11+,14?,16?. The van der Waals surface area contributed by atoms with Gasteiger partial charge in [0.05, 0.1) is 12.1 Å². The third-order valence-electron chi connectivity index (χ3n) is 5.23. The van der Waals surface area contributed by atoms with Crippen LogP contribution in [0.3, 0.4) is 0 Å². The molecule has 0 saturated heterocycles. The normalized spacial score (nSPS) is 34.2. The molecule has 6 heteroatoms. The number of amides is 2. The van der Waals surface area contributed by atoms with Crippen molar-refractivity contribution in [3.05, 3.63) is 33.8 Å². The molecule has 0 aromatic heterocycles. The topological polar surface area (TPSA) is 73.7 Å². The number of aliphatic imine (C=N–C) groups is 1. The molecule has 5 nitrogen and oxygen atoms in total. The molecular formula is C16H18ClN3O2. The number of fused-ring (bicyclic) bond motifs is 2. The number of hydrogen-bond donors (Lipinski definition) is 3. The zero-order chi connectivity index (χ0) is 15.5. The number of carbonyl (C=O) groups excluding carboxylic acids is 1. The third kappa shape index (κ3) is 2.03. The average Bonchev–Trinajstić information content (AvgIpc) is 2.86. The fourth-order valence-electron chi connectivity index (χ4n) is 4.12. The molecule has 22 heavy (non-hydrogen) atoms. The van der Waals surface area contributed by atoms with Gasteiger partial charge in [-0.2, -0.15) is 0 Å². The van der Waals surface area contributed by atoms with E-state index in [9.17, 15) is 9.90 Å². The lowest BCUT2D eigenvalue weighted by Gasteiger charge is -2.29. The first-order chi connectivity index (χ1) is 10.5. The van der Waals surface area contributed by atoms with E-state index in [2.05, 4.69) is 15.6 Å². The van der Waals surface area contributed by atoms with Crippen molar-refractivity contribution in [3.63, 3.8) is 0 Å². The van der Waals surface area contributed by atoms with E-state index in [0.29, 0.717) is 36.2 Å². The summed E-state index contributed by atoms with van der Waals surface area (Å²) in [5.41, 5.74) is 2.16.